The van der Waals surface area contributed by atoms with Crippen molar-refractivity contribution in [3.05, 3.63) is 53.9 Å². The number of methoxy groups -OCH3 is 2. The van der Waals surface area contributed by atoms with E-state index >= 15 is 0 Å². The quantitative estimate of drug-likeness (QED) is 0.604. The van der Waals surface area contributed by atoms with Crippen molar-refractivity contribution in [3.63, 3.8) is 0 Å². The number of nitrogens with one attached hydrogen (secondary N) is 1. The van der Waals surface area contributed by atoms with Crippen molar-refractivity contribution in [2.45, 2.75) is 6.54 Å². The summed E-state index contributed by atoms with van der Waals surface area (Å²) in [7, 11) is 3.09. The maximum absolute atomic E-state index is 13.6. The number of rotatable bonds is 6. The maximum atomic E-state index is 13.6. The van der Waals surface area contributed by atoms with Crippen molar-refractivity contribution in [2.24, 2.45) is 0 Å². The van der Waals surface area contributed by atoms with E-state index in [-0.39, 0.29) is 6.03 Å². The number of hydrogen-bond acceptors (Lipinski definition) is 7. The maximum Gasteiger partial charge on any atom is 0.321 e. The fourth-order valence-corrected chi connectivity index (χ4v) is 3.51. The topological polar surface area (TPSA) is 97.6 Å². The molecule has 1 saturated heterocycles. The molecule has 2 amide bonds. The Morgan fingerprint density at radius 1 is 1.00 bits per heavy atom. The van der Waals surface area contributed by atoms with Crippen LogP contribution >= 0.6 is 0 Å². The highest BCUT2D eigenvalue weighted by Gasteiger charge is 2.23. The molecular weight excluding hydrogens is 436 g/mol. The van der Waals surface area contributed by atoms with Crippen LogP contribution in [0.4, 0.5) is 19.3 Å². The zero-order valence-corrected chi connectivity index (χ0v) is 18.2. The molecule has 0 atom stereocenters. The lowest BCUT2D eigenvalue weighted by Crippen LogP contribution is -2.49. The summed E-state index contributed by atoms with van der Waals surface area (Å²) in [6.45, 7) is 2.59. The number of hydrogen-bond donors (Lipinski definition) is 1. The van der Waals surface area contributed by atoms with E-state index in [0.717, 1.165) is 12.1 Å². The molecule has 0 saturated carbocycles. The SMILES string of the molecule is COc1cc(NC(=O)N2CCN(Cc3nnnn3-c3ccc(F)c(F)c3)CC2)cc(OC)c1. The molecule has 33 heavy (non-hydrogen) atoms. The van der Waals surface area contributed by atoms with Gasteiger partial charge in [-0.15, -0.1) is 5.10 Å². The Hall–Kier alpha value is -3.80. The minimum atomic E-state index is -0.970. The Morgan fingerprint density at radius 2 is 1.70 bits per heavy atom. The zero-order chi connectivity index (χ0) is 23.4. The van der Waals surface area contributed by atoms with Gasteiger partial charge in [0.2, 0.25) is 0 Å². The first-order chi connectivity index (χ1) is 16.0. The van der Waals surface area contributed by atoms with Gasteiger partial charge in [-0.3, -0.25) is 4.90 Å². The third kappa shape index (κ3) is 5.17. The van der Waals surface area contributed by atoms with Gasteiger partial charge in [0, 0.05) is 56.1 Å². The average molecular weight is 459 g/mol. The Balaban J connectivity index is 1.35. The van der Waals surface area contributed by atoms with Gasteiger partial charge in [-0.1, -0.05) is 0 Å². The van der Waals surface area contributed by atoms with E-state index in [9.17, 15) is 13.6 Å². The fourth-order valence-electron chi connectivity index (χ4n) is 3.51. The number of carbonyl (C=O) groups excluding carboxylic acids is 1. The number of benzene rings is 2. The first-order valence-corrected chi connectivity index (χ1v) is 10.2. The van der Waals surface area contributed by atoms with Gasteiger partial charge < -0.3 is 19.7 Å². The number of nitrogens with zero attached hydrogens (tertiary/aromatic N) is 6. The van der Waals surface area contributed by atoms with E-state index in [1.807, 2.05) is 0 Å². The van der Waals surface area contributed by atoms with Crippen LogP contribution in [0.15, 0.2) is 36.4 Å². The van der Waals surface area contributed by atoms with Crippen molar-refractivity contribution in [1.82, 2.24) is 30.0 Å². The molecule has 1 aromatic heterocycles. The number of piperazine rings is 1. The van der Waals surface area contributed by atoms with Gasteiger partial charge in [-0.2, -0.15) is 4.68 Å². The summed E-state index contributed by atoms with van der Waals surface area (Å²) in [5.41, 5.74) is 0.907. The molecule has 174 valence electrons. The van der Waals surface area contributed by atoms with Crippen molar-refractivity contribution < 1.29 is 23.0 Å². The fraction of sp³-hybridized carbons (Fsp3) is 0.333. The highest BCUT2D eigenvalue weighted by atomic mass is 19.2. The second-order valence-corrected chi connectivity index (χ2v) is 7.40. The molecule has 1 fully saturated rings. The molecule has 10 nitrogen and oxygen atoms in total. The van der Waals surface area contributed by atoms with Crippen LogP contribution in [-0.2, 0) is 6.54 Å². The van der Waals surface area contributed by atoms with Crippen LogP contribution in [0.2, 0.25) is 0 Å². The van der Waals surface area contributed by atoms with Gasteiger partial charge >= 0.3 is 6.03 Å². The Labute approximate surface area is 188 Å². The first kappa shape index (κ1) is 22.4. The smallest absolute Gasteiger partial charge is 0.321 e. The molecule has 3 aromatic rings. The van der Waals surface area contributed by atoms with Crippen LogP contribution < -0.4 is 14.8 Å². The van der Waals surface area contributed by atoms with Crippen LogP contribution in [0.25, 0.3) is 5.69 Å². The van der Waals surface area contributed by atoms with Crippen LogP contribution in [0.1, 0.15) is 5.82 Å². The number of aromatic nitrogens is 4. The van der Waals surface area contributed by atoms with Gasteiger partial charge in [0.1, 0.15) is 11.5 Å². The second kappa shape index (κ2) is 9.77. The number of urea groups is 1. The van der Waals surface area contributed by atoms with Crippen LogP contribution in [0.3, 0.4) is 0 Å². The Kier molecular flexibility index (Phi) is 6.63. The van der Waals surface area contributed by atoms with Gasteiger partial charge in [0.25, 0.3) is 0 Å². The number of halogens is 2. The van der Waals surface area contributed by atoms with Crippen LogP contribution in [0.5, 0.6) is 11.5 Å². The van der Waals surface area contributed by atoms with Gasteiger partial charge in [0.15, 0.2) is 17.5 Å². The highest BCUT2D eigenvalue weighted by Crippen LogP contribution is 2.26. The van der Waals surface area contributed by atoms with E-state index < -0.39 is 11.6 Å². The average Bonchev–Trinajstić information content (AvgIpc) is 3.29. The van der Waals surface area contributed by atoms with E-state index in [2.05, 4.69) is 25.7 Å². The number of amides is 2. The number of ether oxygens (including phenoxy) is 2. The molecule has 2 aromatic carbocycles. The summed E-state index contributed by atoms with van der Waals surface area (Å²) >= 11 is 0. The van der Waals surface area contributed by atoms with E-state index in [1.54, 1.807) is 37.3 Å². The lowest BCUT2D eigenvalue weighted by Gasteiger charge is -2.34. The summed E-state index contributed by atoms with van der Waals surface area (Å²) in [6.07, 6.45) is 0. The number of carbonyl (C=O) groups is 1. The van der Waals surface area contributed by atoms with Gasteiger partial charge in [-0.05, 0) is 22.6 Å². The standard InChI is InChI=1S/C21H23F2N7O3/c1-32-16-9-14(10-17(12-16)33-2)24-21(31)29-7-5-28(6-8-29)13-20-25-26-27-30(20)15-3-4-18(22)19(23)11-15/h3-4,9-12H,5-8,13H2,1-2H3,(H,24,31). The molecule has 1 aliphatic heterocycles. The molecule has 2 heterocycles. The van der Waals surface area contributed by atoms with Crippen LogP contribution in [-0.4, -0.2) is 76.4 Å². The molecule has 0 bridgehead atoms. The summed E-state index contributed by atoms with van der Waals surface area (Å²) in [6, 6.07) is 8.42. The monoisotopic (exact) mass is 459 g/mol. The van der Waals surface area contributed by atoms with Crippen LogP contribution in [0, 0.1) is 11.6 Å². The largest absolute Gasteiger partial charge is 0.497 e. The highest BCUT2D eigenvalue weighted by molar-refractivity contribution is 5.90. The normalized spacial score (nSPS) is 14.2. The van der Waals surface area contributed by atoms with Crippen molar-refractivity contribution in [1.29, 1.82) is 0 Å². The number of anilines is 1. The second-order valence-electron chi connectivity index (χ2n) is 7.40. The van der Waals surface area contributed by atoms with E-state index in [0.29, 0.717) is 61.4 Å². The summed E-state index contributed by atoms with van der Waals surface area (Å²) in [5, 5.41) is 14.4. The predicted octanol–water partition coefficient (Wildman–Crippen LogP) is 2.31. The lowest BCUT2D eigenvalue weighted by molar-refractivity contribution is 0.140. The minimum absolute atomic E-state index is 0.225. The molecular formula is C21H23F2N7O3. The Bertz CT molecular complexity index is 1110. The van der Waals surface area contributed by atoms with E-state index in [4.69, 9.17) is 9.47 Å². The minimum Gasteiger partial charge on any atom is -0.497 e. The van der Waals surface area contributed by atoms with Gasteiger partial charge in [-0.25, -0.2) is 13.6 Å². The Morgan fingerprint density at radius 3 is 2.33 bits per heavy atom. The first-order valence-electron chi connectivity index (χ1n) is 10.2. The summed E-state index contributed by atoms with van der Waals surface area (Å²) in [5.74, 6) is -0.263. The molecule has 0 radical (unpaired) electrons. The van der Waals surface area contributed by atoms with E-state index in [1.165, 1.54) is 10.7 Å². The molecule has 0 unspecified atom stereocenters. The number of tetrazole rings is 1. The molecule has 0 spiro atoms. The van der Waals surface area contributed by atoms with Crippen molar-refractivity contribution in [2.75, 3.05) is 45.7 Å². The third-order valence-electron chi connectivity index (χ3n) is 5.31. The van der Waals surface area contributed by atoms with Crippen molar-refractivity contribution in [3.8, 4) is 17.2 Å². The zero-order valence-electron chi connectivity index (χ0n) is 18.2. The lowest BCUT2D eigenvalue weighted by atomic mass is 10.2. The molecule has 4 rings (SSSR count). The van der Waals surface area contributed by atoms with Gasteiger partial charge in [0.05, 0.1) is 26.5 Å². The summed E-state index contributed by atoms with van der Waals surface area (Å²) in [4.78, 5) is 16.5. The molecule has 1 aliphatic rings. The van der Waals surface area contributed by atoms with Crippen molar-refractivity contribution >= 4 is 11.7 Å². The molecule has 0 aliphatic carbocycles. The third-order valence-corrected chi connectivity index (χ3v) is 5.31. The summed E-state index contributed by atoms with van der Waals surface area (Å²) < 4.78 is 38.7. The predicted molar refractivity (Wildman–Crippen MR) is 114 cm³/mol. The molecule has 1 N–H and O–H groups in total. The molecule has 12 heteroatoms.